The zero-order valence-corrected chi connectivity index (χ0v) is 59.5. The van der Waals surface area contributed by atoms with Gasteiger partial charge in [0.25, 0.3) is 0 Å². The molecule has 0 fully saturated rings. The Bertz CT molecular complexity index is 5650. The van der Waals surface area contributed by atoms with Crippen molar-refractivity contribution in [1.82, 2.24) is 8.80 Å². The van der Waals surface area contributed by atoms with Gasteiger partial charge in [0.1, 0.15) is 11.1 Å². The summed E-state index contributed by atoms with van der Waals surface area (Å²) in [5.41, 5.74) is 29.5. The normalized spacial score (nSPS) is 13.3. The second kappa shape index (κ2) is 20.9. The number of para-hydroxylation sites is 3. The highest BCUT2D eigenvalue weighted by Gasteiger charge is 2.32. The Morgan fingerprint density at radius 1 is 0.260 bits per heavy atom. The number of hydrogen-bond acceptors (Lipinski definition) is 2. The van der Waals surface area contributed by atoms with Crippen LogP contribution in [-0.2, 0) is 32.5 Å². The molecule has 0 unspecified atom stereocenters. The monoisotopic (exact) mass is 1250 g/mol. The van der Waals surface area contributed by atoms with E-state index < -0.39 is 0 Å². The highest BCUT2D eigenvalue weighted by Crippen LogP contribution is 2.53. The average Bonchev–Trinajstić information content (AvgIpc) is 1.50. The molecular weight excluding hydrogens is 1160 g/mol. The number of hydrogen-bond donors (Lipinski definition) is 0. The first-order valence-corrected chi connectivity index (χ1v) is 34.7. The Balaban J connectivity index is 1.10. The van der Waals surface area contributed by atoms with E-state index in [1.807, 2.05) is 0 Å². The number of anilines is 3. The maximum absolute atomic E-state index is 7.09. The molecule has 0 bridgehead atoms. The third-order valence-corrected chi connectivity index (χ3v) is 21.0. The predicted octanol–water partition coefficient (Wildman–Crippen LogP) is 26.7. The van der Waals surface area contributed by atoms with Crippen molar-refractivity contribution in [3.8, 4) is 44.5 Å². The minimum atomic E-state index is -0.0827. The second-order valence-corrected chi connectivity index (χ2v) is 34.0. The van der Waals surface area contributed by atoms with E-state index in [-0.39, 0.29) is 32.5 Å². The average molecular weight is 1250 g/mol. The van der Waals surface area contributed by atoms with Gasteiger partial charge >= 0.3 is 0 Å². The lowest BCUT2D eigenvalue weighted by Crippen LogP contribution is -2.16. The third kappa shape index (κ3) is 9.82. The Hall–Kier alpha value is -9.64. The smallest absolute Gasteiger partial charge is 0.161 e. The van der Waals surface area contributed by atoms with Crippen molar-refractivity contribution < 1.29 is 4.42 Å². The van der Waals surface area contributed by atoms with E-state index in [1.165, 1.54) is 132 Å². The zero-order valence-electron chi connectivity index (χ0n) is 59.5. The van der Waals surface area contributed by atoms with Crippen molar-refractivity contribution in [2.45, 2.75) is 157 Å². The lowest BCUT2D eigenvalue weighted by Gasteiger charge is -2.26. The molecule has 0 aliphatic carbocycles. The van der Waals surface area contributed by atoms with Crippen molar-refractivity contribution in [3.05, 3.63) is 246 Å². The molecule has 0 radical (unpaired) electrons. The van der Waals surface area contributed by atoms with E-state index in [2.05, 4.69) is 351 Å². The van der Waals surface area contributed by atoms with Gasteiger partial charge in [-0.2, -0.15) is 0 Å². The van der Waals surface area contributed by atoms with Crippen LogP contribution in [0.4, 0.5) is 17.1 Å². The van der Waals surface area contributed by atoms with E-state index >= 15 is 0 Å². The Kier molecular flexibility index (Phi) is 13.4. The summed E-state index contributed by atoms with van der Waals surface area (Å²) >= 11 is 0. The molecule has 16 aromatic rings. The molecule has 0 aliphatic heterocycles. The molecule has 0 atom stereocenters. The van der Waals surface area contributed by atoms with Crippen LogP contribution < -0.4 is 4.90 Å². The van der Waals surface area contributed by atoms with Crippen LogP contribution in [0.5, 0.6) is 0 Å². The van der Waals surface area contributed by atoms with Gasteiger partial charge in [0.15, 0.2) is 5.58 Å². The maximum atomic E-state index is 7.09. The lowest BCUT2D eigenvalue weighted by atomic mass is 9.78. The Labute approximate surface area is 566 Å². The van der Waals surface area contributed by atoms with Gasteiger partial charge in [-0.25, -0.2) is 0 Å². The summed E-state index contributed by atoms with van der Waals surface area (Å²) in [4.78, 5) is 2.37. The first-order valence-electron chi connectivity index (χ1n) is 34.7. The molecule has 11 aromatic carbocycles. The molecule has 478 valence electrons. The number of aromatic nitrogens is 2. The quantitative estimate of drug-likeness (QED) is 0.159. The van der Waals surface area contributed by atoms with Crippen molar-refractivity contribution in [3.63, 3.8) is 0 Å². The number of rotatable bonds is 7. The first-order chi connectivity index (χ1) is 45.4. The fraction of sp³-hybridized carbons (Fsp3) is 0.261. The van der Waals surface area contributed by atoms with E-state index in [0.29, 0.717) is 0 Å². The summed E-state index contributed by atoms with van der Waals surface area (Å²) in [5, 5.41) is 9.67. The minimum absolute atomic E-state index is 0.0706. The molecule has 0 aliphatic rings. The third-order valence-electron chi connectivity index (χ3n) is 21.0. The van der Waals surface area contributed by atoms with Gasteiger partial charge < -0.3 is 18.1 Å². The van der Waals surface area contributed by atoms with Crippen LogP contribution in [-0.4, -0.2) is 8.80 Å². The van der Waals surface area contributed by atoms with Crippen LogP contribution in [0.1, 0.15) is 158 Å². The lowest BCUT2D eigenvalue weighted by molar-refractivity contribution is 0.568. The van der Waals surface area contributed by atoms with Gasteiger partial charge in [0.2, 0.25) is 0 Å². The summed E-state index contributed by atoms with van der Waals surface area (Å²) in [5.74, 6) is 0. The minimum Gasteiger partial charge on any atom is -0.454 e. The van der Waals surface area contributed by atoms with Crippen molar-refractivity contribution in [2.75, 3.05) is 4.90 Å². The Morgan fingerprint density at radius 3 is 1.10 bits per heavy atom. The molecule has 5 aromatic heterocycles. The Morgan fingerprint density at radius 2 is 0.635 bits per heavy atom. The predicted molar refractivity (Wildman–Crippen MR) is 414 cm³/mol. The van der Waals surface area contributed by atoms with Crippen molar-refractivity contribution in [1.29, 1.82) is 0 Å². The molecule has 0 saturated carbocycles. The number of nitrogens with zero attached hydrogens (tertiary/aromatic N) is 3. The summed E-state index contributed by atoms with van der Waals surface area (Å²) in [6.45, 7) is 42.3. The van der Waals surface area contributed by atoms with Crippen LogP contribution in [0.3, 0.4) is 0 Å². The number of benzene rings is 11. The highest BCUT2D eigenvalue weighted by atomic mass is 16.3. The standard InChI is InChI=1S/C92H89N3O/c1-87(2,3)61-39-55(40-62(51-61)88(4,5)6)58-45-72(54-33-35-69(36-34-54)93(67-27-21-19-22-28-67)68-29-23-20-24-30-68)81-74(47-58)75-48-59(56-41-63(89(7,8)9)52-64(42-56)90(10,11)12)46-73-70-37-38-78-80(84(70)95(81)82(73)75)76-49-60(57-43-65(91(13,14)15)53-66(44-57)92(16,17)18)50-77-83(76)94(78)85-71-31-25-26-32-79(71)96-86(77)85/h19-53H,1-18H3. The van der Waals surface area contributed by atoms with Gasteiger partial charge in [-0.3, -0.25) is 0 Å². The van der Waals surface area contributed by atoms with Crippen LogP contribution >= 0.6 is 0 Å². The number of furan rings is 1. The first kappa shape index (κ1) is 61.2. The van der Waals surface area contributed by atoms with Crippen molar-refractivity contribution >= 4 is 104 Å². The fourth-order valence-electron chi connectivity index (χ4n) is 15.3. The molecule has 0 N–H and O–H groups in total. The molecule has 5 heterocycles. The van der Waals surface area contributed by atoms with Crippen LogP contribution in [0.25, 0.3) is 132 Å². The van der Waals surface area contributed by atoms with Gasteiger partial charge in [-0.05, 0) is 196 Å². The molecule has 96 heavy (non-hydrogen) atoms. The molecule has 0 saturated heterocycles. The van der Waals surface area contributed by atoms with Crippen LogP contribution in [0.15, 0.2) is 217 Å². The van der Waals surface area contributed by atoms with Gasteiger partial charge in [-0.15, -0.1) is 0 Å². The van der Waals surface area contributed by atoms with E-state index in [0.717, 1.165) is 50.1 Å². The van der Waals surface area contributed by atoms with Gasteiger partial charge in [-0.1, -0.05) is 246 Å². The fourth-order valence-corrected chi connectivity index (χ4v) is 15.3. The molecule has 16 rings (SSSR count). The summed E-state index contributed by atoms with van der Waals surface area (Å²) in [6.07, 6.45) is 0. The molecular formula is C92H89N3O. The summed E-state index contributed by atoms with van der Waals surface area (Å²) in [7, 11) is 0. The van der Waals surface area contributed by atoms with Crippen LogP contribution in [0, 0.1) is 0 Å². The van der Waals surface area contributed by atoms with E-state index in [9.17, 15) is 0 Å². The zero-order chi connectivity index (χ0) is 67.2. The molecule has 4 heteroatoms. The topological polar surface area (TPSA) is 25.2 Å². The molecule has 0 amide bonds. The van der Waals surface area contributed by atoms with Gasteiger partial charge in [0.05, 0.1) is 27.6 Å². The molecule has 0 spiro atoms. The van der Waals surface area contributed by atoms with Crippen LogP contribution in [0.2, 0.25) is 0 Å². The largest absolute Gasteiger partial charge is 0.454 e. The van der Waals surface area contributed by atoms with Crippen molar-refractivity contribution in [2.24, 2.45) is 0 Å². The summed E-state index contributed by atoms with van der Waals surface area (Å²) < 4.78 is 12.4. The summed E-state index contributed by atoms with van der Waals surface area (Å²) in [6, 6.07) is 81.8. The molecule has 4 nitrogen and oxygen atoms in total. The maximum Gasteiger partial charge on any atom is 0.161 e. The highest BCUT2D eigenvalue weighted by molar-refractivity contribution is 6.36. The number of fused-ring (bicyclic) bond motifs is 15. The van der Waals surface area contributed by atoms with E-state index in [4.69, 9.17) is 4.42 Å². The SMILES string of the molecule is CC(C)(C)c1cc(-c2cc(-c3ccc(N(c4ccccc4)c4ccccc4)cc3)c3c(c2)c2cc(-c4cc(C(C)(C)C)cc(C(C)(C)C)c4)cc4c5ccc6c(c7cc(-c8cc(C(C)(C)C)cc(C(C)(C)C)c8)cc8c9oc%10ccccc%10c9n6c87)c5n3c24)cc(C(C)(C)C)c1. The van der Waals surface area contributed by atoms with E-state index in [1.54, 1.807) is 0 Å². The van der Waals surface area contributed by atoms with Gasteiger partial charge in [0, 0.05) is 65.7 Å². The second-order valence-electron chi connectivity index (χ2n) is 34.0.